The Morgan fingerprint density at radius 1 is 1.50 bits per heavy atom. The third-order valence-corrected chi connectivity index (χ3v) is 5.41. The van der Waals surface area contributed by atoms with Crippen LogP contribution in [0, 0.1) is 0 Å². The number of nitrogens with zero attached hydrogens (tertiary/aromatic N) is 1. The third kappa shape index (κ3) is 3.63. The van der Waals surface area contributed by atoms with Crippen LogP contribution in [0.15, 0.2) is 23.1 Å². The van der Waals surface area contributed by atoms with Crippen molar-refractivity contribution in [3.8, 4) is 0 Å². The van der Waals surface area contributed by atoms with Crippen LogP contribution in [0.25, 0.3) is 0 Å². The lowest BCUT2D eigenvalue weighted by molar-refractivity contribution is 0.211. The molecule has 1 atom stereocenters. The number of benzene rings is 1. The first-order chi connectivity index (χ1) is 9.42. The van der Waals surface area contributed by atoms with Crippen molar-refractivity contribution in [3.05, 3.63) is 23.2 Å². The summed E-state index contributed by atoms with van der Waals surface area (Å²) in [5.41, 5.74) is 5.93. The van der Waals surface area contributed by atoms with Gasteiger partial charge in [0.2, 0.25) is 10.0 Å². The molecule has 3 N–H and O–H groups in total. The van der Waals surface area contributed by atoms with E-state index in [1.165, 1.54) is 18.2 Å². The van der Waals surface area contributed by atoms with Gasteiger partial charge in [0, 0.05) is 12.6 Å². The second-order valence-corrected chi connectivity index (χ2v) is 7.16. The fourth-order valence-electron chi connectivity index (χ4n) is 2.42. The van der Waals surface area contributed by atoms with Crippen molar-refractivity contribution in [1.29, 1.82) is 0 Å². The van der Waals surface area contributed by atoms with Gasteiger partial charge in [0.1, 0.15) is 0 Å². The number of likely N-dealkylation sites (N-methyl/N-ethyl adjacent to an activating group) is 1. The van der Waals surface area contributed by atoms with E-state index in [0.717, 1.165) is 32.5 Å². The van der Waals surface area contributed by atoms with E-state index in [-0.39, 0.29) is 16.6 Å². The number of likely N-dealkylation sites (tertiary alicyclic amines) is 1. The number of sulfonamides is 1. The standard InChI is InChI=1S/C13H20ClN3O2S/c1-2-17-7-3-4-10(9-17)16-20(18,19)11-5-6-12(14)13(15)8-11/h5-6,8,10,16H,2-4,7,9,15H2,1H3. The van der Waals surface area contributed by atoms with Crippen LogP contribution in [-0.4, -0.2) is 39.0 Å². The van der Waals surface area contributed by atoms with Gasteiger partial charge < -0.3 is 10.6 Å². The second kappa shape index (κ2) is 6.30. The van der Waals surface area contributed by atoms with Gasteiger partial charge in [0.15, 0.2) is 0 Å². The predicted octanol–water partition coefficient (Wildman–Crippen LogP) is 1.68. The highest BCUT2D eigenvalue weighted by Gasteiger charge is 2.24. The molecule has 5 nitrogen and oxygen atoms in total. The van der Waals surface area contributed by atoms with E-state index >= 15 is 0 Å². The first-order valence-electron chi connectivity index (χ1n) is 6.72. The zero-order valence-electron chi connectivity index (χ0n) is 11.5. The first kappa shape index (κ1) is 15.6. The molecule has 0 aliphatic carbocycles. The minimum atomic E-state index is -3.55. The number of rotatable bonds is 4. The SMILES string of the molecule is CCN1CCCC(NS(=O)(=O)c2ccc(Cl)c(N)c2)C1. The highest BCUT2D eigenvalue weighted by molar-refractivity contribution is 7.89. The van der Waals surface area contributed by atoms with Crippen molar-refractivity contribution in [2.45, 2.75) is 30.7 Å². The predicted molar refractivity (Wildman–Crippen MR) is 81.3 cm³/mol. The van der Waals surface area contributed by atoms with E-state index in [4.69, 9.17) is 17.3 Å². The topological polar surface area (TPSA) is 75.4 Å². The monoisotopic (exact) mass is 317 g/mol. The molecule has 1 aliphatic rings. The largest absolute Gasteiger partial charge is 0.397 e. The number of nitrogen functional groups attached to an aromatic ring is 1. The van der Waals surface area contributed by atoms with E-state index in [2.05, 4.69) is 16.5 Å². The molecule has 0 amide bonds. The summed E-state index contributed by atoms with van der Waals surface area (Å²) in [5, 5.41) is 0.360. The third-order valence-electron chi connectivity index (χ3n) is 3.55. The molecule has 1 aromatic rings. The Kier molecular flexibility index (Phi) is 4.90. The molecule has 1 aromatic carbocycles. The number of anilines is 1. The van der Waals surface area contributed by atoms with E-state index in [1.54, 1.807) is 0 Å². The summed E-state index contributed by atoms with van der Waals surface area (Å²) in [6.45, 7) is 4.80. The maximum atomic E-state index is 12.3. The maximum Gasteiger partial charge on any atom is 0.240 e. The summed E-state index contributed by atoms with van der Waals surface area (Å²) < 4.78 is 27.4. The molecule has 1 saturated heterocycles. The molecular weight excluding hydrogens is 298 g/mol. The van der Waals surface area contributed by atoms with Crippen LogP contribution in [0.3, 0.4) is 0 Å². The zero-order valence-corrected chi connectivity index (χ0v) is 13.0. The van der Waals surface area contributed by atoms with Crippen LogP contribution in [-0.2, 0) is 10.0 Å². The number of hydrogen-bond acceptors (Lipinski definition) is 4. The summed E-state index contributed by atoms with van der Waals surface area (Å²) in [7, 11) is -3.55. The average molecular weight is 318 g/mol. The van der Waals surface area contributed by atoms with Gasteiger partial charge in [-0.15, -0.1) is 0 Å². The van der Waals surface area contributed by atoms with Crippen molar-refractivity contribution in [2.24, 2.45) is 0 Å². The van der Waals surface area contributed by atoms with Crippen LogP contribution >= 0.6 is 11.6 Å². The van der Waals surface area contributed by atoms with E-state index in [0.29, 0.717) is 5.02 Å². The minimum Gasteiger partial charge on any atom is -0.397 e. The highest BCUT2D eigenvalue weighted by Crippen LogP contribution is 2.23. The molecule has 0 bridgehead atoms. The maximum absolute atomic E-state index is 12.3. The molecule has 0 radical (unpaired) electrons. The molecule has 1 aliphatic heterocycles. The molecule has 20 heavy (non-hydrogen) atoms. The number of halogens is 1. The van der Waals surface area contributed by atoms with E-state index in [1.807, 2.05) is 0 Å². The molecule has 0 saturated carbocycles. The van der Waals surface area contributed by atoms with Gasteiger partial charge in [-0.1, -0.05) is 18.5 Å². The van der Waals surface area contributed by atoms with Crippen molar-refractivity contribution in [1.82, 2.24) is 9.62 Å². The van der Waals surface area contributed by atoms with Gasteiger partial charge in [-0.3, -0.25) is 0 Å². The van der Waals surface area contributed by atoms with Crippen LogP contribution in [0.5, 0.6) is 0 Å². The van der Waals surface area contributed by atoms with Gasteiger partial charge in [-0.25, -0.2) is 13.1 Å². The van der Waals surface area contributed by atoms with Gasteiger partial charge in [-0.2, -0.15) is 0 Å². The fourth-order valence-corrected chi connectivity index (χ4v) is 3.83. The Morgan fingerprint density at radius 3 is 2.90 bits per heavy atom. The Hall–Kier alpha value is -0.820. The summed E-state index contributed by atoms with van der Waals surface area (Å²) >= 11 is 5.81. The summed E-state index contributed by atoms with van der Waals surface area (Å²) in [5.74, 6) is 0. The smallest absolute Gasteiger partial charge is 0.240 e. The fraction of sp³-hybridized carbons (Fsp3) is 0.538. The lowest BCUT2D eigenvalue weighted by Crippen LogP contribution is -2.47. The van der Waals surface area contributed by atoms with E-state index < -0.39 is 10.0 Å². The van der Waals surface area contributed by atoms with Gasteiger partial charge in [-0.05, 0) is 44.1 Å². The number of piperidine rings is 1. The summed E-state index contributed by atoms with van der Waals surface area (Å²) in [4.78, 5) is 2.40. The quantitative estimate of drug-likeness (QED) is 0.829. The molecule has 1 unspecified atom stereocenters. The van der Waals surface area contributed by atoms with Crippen molar-refractivity contribution >= 4 is 27.3 Å². The molecule has 0 aromatic heterocycles. The van der Waals surface area contributed by atoms with Crippen LogP contribution < -0.4 is 10.5 Å². The van der Waals surface area contributed by atoms with Crippen molar-refractivity contribution < 1.29 is 8.42 Å². The lowest BCUT2D eigenvalue weighted by atomic mass is 10.1. The van der Waals surface area contributed by atoms with Gasteiger partial charge in [0.25, 0.3) is 0 Å². The molecule has 2 rings (SSSR count). The molecule has 7 heteroatoms. The molecule has 1 heterocycles. The normalized spacial score (nSPS) is 21.0. The molecular formula is C13H20ClN3O2S. The van der Waals surface area contributed by atoms with Gasteiger partial charge >= 0.3 is 0 Å². The highest BCUT2D eigenvalue weighted by atomic mass is 35.5. The Balaban J connectivity index is 2.12. The van der Waals surface area contributed by atoms with Crippen LogP contribution in [0.4, 0.5) is 5.69 Å². The Bertz CT molecular complexity index is 577. The summed E-state index contributed by atoms with van der Waals surface area (Å²) in [6, 6.07) is 4.32. The van der Waals surface area contributed by atoms with Crippen molar-refractivity contribution in [3.63, 3.8) is 0 Å². The number of hydrogen-bond donors (Lipinski definition) is 2. The minimum absolute atomic E-state index is 0.0504. The Labute approximate surface area is 125 Å². The molecule has 112 valence electrons. The number of nitrogens with two attached hydrogens (primary N) is 1. The first-order valence-corrected chi connectivity index (χ1v) is 8.58. The summed E-state index contributed by atoms with van der Waals surface area (Å²) in [6.07, 6.45) is 1.86. The molecule has 0 spiro atoms. The zero-order chi connectivity index (χ0) is 14.8. The van der Waals surface area contributed by atoms with Crippen LogP contribution in [0.2, 0.25) is 5.02 Å². The van der Waals surface area contributed by atoms with Gasteiger partial charge in [0.05, 0.1) is 15.6 Å². The Morgan fingerprint density at radius 2 is 2.25 bits per heavy atom. The molecule has 1 fully saturated rings. The van der Waals surface area contributed by atoms with E-state index in [9.17, 15) is 8.42 Å². The average Bonchev–Trinajstić information content (AvgIpc) is 2.41. The number of nitrogens with one attached hydrogen (secondary N) is 1. The second-order valence-electron chi connectivity index (χ2n) is 5.04. The van der Waals surface area contributed by atoms with Crippen LogP contribution in [0.1, 0.15) is 19.8 Å². The lowest BCUT2D eigenvalue weighted by Gasteiger charge is -2.32. The van der Waals surface area contributed by atoms with Crippen molar-refractivity contribution in [2.75, 3.05) is 25.4 Å².